The molecule has 2 aromatic rings. The minimum absolute atomic E-state index is 0.671. The van der Waals surface area contributed by atoms with Gasteiger partial charge in [0.1, 0.15) is 5.60 Å². The molecule has 3 heteroatoms. The van der Waals surface area contributed by atoms with Crippen molar-refractivity contribution in [3.05, 3.63) is 53.3 Å². The van der Waals surface area contributed by atoms with Gasteiger partial charge in [0.15, 0.2) is 0 Å². The Morgan fingerprint density at radius 2 is 1.88 bits per heavy atom. The molecular weight excluding hydrogens is 212 g/mol. The average molecular weight is 230 g/mol. The van der Waals surface area contributed by atoms with Crippen LogP contribution in [0.4, 0.5) is 0 Å². The van der Waals surface area contributed by atoms with Crippen LogP contribution in [-0.4, -0.2) is 14.9 Å². The van der Waals surface area contributed by atoms with Gasteiger partial charge in [0, 0.05) is 13.2 Å². The average Bonchev–Trinajstić information content (AvgIpc) is 2.77. The molecule has 17 heavy (non-hydrogen) atoms. The van der Waals surface area contributed by atoms with E-state index >= 15 is 0 Å². The summed E-state index contributed by atoms with van der Waals surface area (Å²) >= 11 is 0. The second-order valence-corrected chi connectivity index (χ2v) is 4.50. The van der Waals surface area contributed by atoms with Crippen LogP contribution < -0.4 is 0 Å². The van der Waals surface area contributed by atoms with Gasteiger partial charge in [-0.05, 0) is 30.5 Å². The molecule has 1 unspecified atom stereocenters. The molecule has 1 aromatic heterocycles. The van der Waals surface area contributed by atoms with Crippen molar-refractivity contribution in [1.29, 1.82) is 0 Å². The maximum absolute atomic E-state index is 10.6. The van der Waals surface area contributed by atoms with Crippen molar-refractivity contribution in [3.8, 4) is 0 Å². The molecule has 2 rings (SSSR count). The highest BCUT2D eigenvalue weighted by Crippen LogP contribution is 2.27. The molecule has 0 saturated heterocycles. The Kier molecular flexibility index (Phi) is 3.03. The highest BCUT2D eigenvalue weighted by atomic mass is 16.3. The first-order valence-corrected chi connectivity index (χ1v) is 5.86. The fourth-order valence-corrected chi connectivity index (χ4v) is 1.89. The summed E-state index contributed by atoms with van der Waals surface area (Å²) in [6.45, 7) is 3.89. The van der Waals surface area contributed by atoms with Crippen LogP contribution in [0.1, 0.15) is 30.7 Å². The predicted octanol–water partition coefficient (Wildman–Crippen LogP) is 2.24. The molecule has 1 aromatic carbocycles. The molecule has 3 nitrogen and oxygen atoms in total. The van der Waals surface area contributed by atoms with Gasteiger partial charge in [-0.15, -0.1) is 0 Å². The highest BCUT2D eigenvalue weighted by Gasteiger charge is 2.27. The molecule has 1 heterocycles. The number of hydrogen-bond acceptors (Lipinski definition) is 2. The van der Waals surface area contributed by atoms with Crippen molar-refractivity contribution in [1.82, 2.24) is 9.78 Å². The van der Waals surface area contributed by atoms with Crippen LogP contribution in [0.25, 0.3) is 0 Å². The van der Waals surface area contributed by atoms with E-state index in [9.17, 15) is 5.11 Å². The van der Waals surface area contributed by atoms with Crippen LogP contribution in [0, 0.1) is 0 Å². The number of aliphatic hydroxyl groups is 1. The van der Waals surface area contributed by atoms with Gasteiger partial charge in [0.2, 0.25) is 0 Å². The predicted molar refractivity (Wildman–Crippen MR) is 67.7 cm³/mol. The first kappa shape index (κ1) is 11.9. The summed E-state index contributed by atoms with van der Waals surface area (Å²) in [5.74, 6) is 0. The fourth-order valence-electron chi connectivity index (χ4n) is 1.89. The normalized spacial score (nSPS) is 14.6. The minimum atomic E-state index is -1.03. The molecule has 0 saturated carbocycles. The molecule has 0 spiro atoms. The van der Waals surface area contributed by atoms with Crippen molar-refractivity contribution in [2.24, 2.45) is 7.05 Å². The molecule has 1 N–H and O–H groups in total. The molecular formula is C14H18N2O. The SMILES string of the molecule is CCc1ccc(C(C)(O)c2ccn(C)n2)cc1. The van der Waals surface area contributed by atoms with E-state index in [1.165, 1.54) is 5.56 Å². The minimum Gasteiger partial charge on any atom is -0.379 e. The van der Waals surface area contributed by atoms with Crippen LogP contribution in [0.15, 0.2) is 36.5 Å². The summed E-state index contributed by atoms with van der Waals surface area (Å²) in [4.78, 5) is 0. The van der Waals surface area contributed by atoms with Gasteiger partial charge in [-0.2, -0.15) is 5.10 Å². The van der Waals surface area contributed by atoms with Gasteiger partial charge in [-0.25, -0.2) is 0 Å². The molecule has 0 amide bonds. The molecule has 0 radical (unpaired) electrons. The number of hydrogen-bond donors (Lipinski definition) is 1. The molecule has 0 aliphatic carbocycles. The highest BCUT2D eigenvalue weighted by molar-refractivity contribution is 5.33. The van der Waals surface area contributed by atoms with E-state index in [2.05, 4.69) is 12.0 Å². The largest absolute Gasteiger partial charge is 0.379 e. The zero-order valence-electron chi connectivity index (χ0n) is 10.5. The smallest absolute Gasteiger partial charge is 0.130 e. The van der Waals surface area contributed by atoms with Crippen molar-refractivity contribution < 1.29 is 5.11 Å². The first-order valence-electron chi connectivity index (χ1n) is 5.86. The number of aromatic nitrogens is 2. The fraction of sp³-hybridized carbons (Fsp3) is 0.357. The third-order valence-electron chi connectivity index (χ3n) is 3.14. The molecule has 1 atom stereocenters. The Morgan fingerprint density at radius 1 is 1.24 bits per heavy atom. The maximum Gasteiger partial charge on any atom is 0.130 e. The zero-order chi connectivity index (χ0) is 12.5. The third-order valence-corrected chi connectivity index (χ3v) is 3.14. The van der Waals surface area contributed by atoms with E-state index in [1.54, 1.807) is 11.6 Å². The van der Waals surface area contributed by atoms with E-state index in [-0.39, 0.29) is 0 Å². The molecule has 0 aliphatic rings. The van der Waals surface area contributed by atoms with E-state index in [0.717, 1.165) is 12.0 Å². The monoisotopic (exact) mass is 230 g/mol. The molecule has 0 fully saturated rings. The van der Waals surface area contributed by atoms with Crippen LogP contribution in [0.5, 0.6) is 0 Å². The number of aryl methyl sites for hydroxylation is 2. The van der Waals surface area contributed by atoms with E-state index in [1.807, 2.05) is 43.6 Å². The van der Waals surface area contributed by atoms with Gasteiger partial charge >= 0.3 is 0 Å². The summed E-state index contributed by atoms with van der Waals surface area (Å²) in [5.41, 5.74) is 1.77. The second-order valence-electron chi connectivity index (χ2n) is 4.50. The standard InChI is InChI=1S/C14H18N2O/c1-4-11-5-7-12(8-6-11)14(2,17)13-9-10-16(3)15-13/h5-10,17H,4H2,1-3H3. The number of benzene rings is 1. The van der Waals surface area contributed by atoms with Gasteiger partial charge in [0.25, 0.3) is 0 Å². The van der Waals surface area contributed by atoms with Crippen LogP contribution in [-0.2, 0) is 19.1 Å². The molecule has 90 valence electrons. The lowest BCUT2D eigenvalue weighted by Crippen LogP contribution is -2.23. The lowest BCUT2D eigenvalue weighted by atomic mass is 9.92. The topological polar surface area (TPSA) is 38.0 Å². The van der Waals surface area contributed by atoms with Gasteiger partial charge in [-0.1, -0.05) is 31.2 Å². The van der Waals surface area contributed by atoms with Gasteiger partial charge in [-0.3, -0.25) is 4.68 Å². The molecule has 0 aliphatic heterocycles. The Morgan fingerprint density at radius 3 is 2.35 bits per heavy atom. The van der Waals surface area contributed by atoms with Crippen molar-refractivity contribution >= 4 is 0 Å². The quantitative estimate of drug-likeness (QED) is 0.878. The summed E-state index contributed by atoms with van der Waals surface area (Å²) in [5, 5.41) is 14.8. The van der Waals surface area contributed by atoms with E-state index in [0.29, 0.717) is 5.69 Å². The third kappa shape index (κ3) is 2.24. The van der Waals surface area contributed by atoms with Crippen LogP contribution in [0.2, 0.25) is 0 Å². The Bertz CT molecular complexity index is 497. The summed E-state index contributed by atoms with van der Waals surface area (Å²) < 4.78 is 1.70. The van der Waals surface area contributed by atoms with Crippen molar-refractivity contribution in [2.45, 2.75) is 25.9 Å². The van der Waals surface area contributed by atoms with Crippen molar-refractivity contribution in [3.63, 3.8) is 0 Å². The zero-order valence-corrected chi connectivity index (χ0v) is 10.5. The van der Waals surface area contributed by atoms with E-state index in [4.69, 9.17) is 0 Å². The van der Waals surface area contributed by atoms with Gasteiger partial charge < -0.3 is 5.11 Å². The van der Waals surface area contributed by atoms with Gasteiger partial charge in [0.05, 0.1) is 5.69 Å². The number of nitrogens with zero attached hydrogens (tertiary/aromatic N) is 2. The Labute approximate surface area is 102 Å². The lowest BCUT2D eigenvalue weighted by Gasteiger charge is -2.21. The first-order chi connectivity index (χ1) is 8.04. The Balaban J connectivity index is 2.36. The maximum atomic E-state index is 10.6. The summed E-state index contributed by atoms with van der Waals surface area (Å²) in [7, 11) is 1.85. The second kappa shape index (κ2) is 4.34. The summed E-state index contributed by atoms with van der Waals surface area (Å²) in [6, 6.07) is 9.87. The van der Waals surface area contributed by atoms with Crippen LogP contribution >= 0.6 is 0 Å². The lowest BCUT2D eigenvalue weighted by molar-refractivity contribution is 0.0967. The number of rotatable bonds is 3. The van der Waals surface area contributed by atoms with E-state index < -0.39 is 5.60 Å². The van der Waals surface area contributed by atoms with Crippen LogP contribution in [0.3, 0.4) is 0 Å². The Hall–Kier alpha value is -1.61. The summed E-state index contributed by atoms with van der Waals surface area (Å²) in [6.07, 6.45) is 2.84. The van der Waals surface area contributed by atoms with Crippen molar-refractivity contribution in [2.75, 3.05) is 0 Å². The molecule has 0 bridgehead atoms.